The van der Waals surface area contributed by atoms with E-state index in [9.17, 15) is 0 Å². The van der Waals surface area contributed by atoms with E-state index >= 15 is 0 Å². The molecule has 2 N–H and O–H groups in total. The first-order valence-electron chi connectivity index (χ1n) is 1.61. The maximum atomic E-state index is 8.89. The molecule has 0 unspecified atom stereocenters. The van der Waals surface area contributed by atoms with Crippen molar-refractivity contribution in [2.45, 2.75) is 6.92 Å². The van der Waals surface area contributed by atoms with E-state index in [2.05, 4.69) is 0 Å². The van der Waals surface area contributed by atoms with Gasteiger partial charge >= 0.3 is 38.1 Å². The SMILES string of the molecule is CC(=O)[O-].O=S(=O)(O)O.[Hg+]. The molecular formula is C2H5HgO6S. The van der Waals surface area contributed by atoms with E-state index in [1.54, 1.807) is 0 Å². The van der Waals surface area contributed by atoms with Crippen LogP contribution >= 0.6 is 0 Å². The Hall–Kier alpha value is 0.275. The van der Waals surface area contributed by atoms with Gasteiger partial charge in [-0.15, -0.1) is 0 Å². The Bertz CT molecular complexity index is 158. The van der Waals surface area contributed by atoms with Gasteiger partial charge in [-0.3, -0.25) is 9.11 Å². The Morgan fingerprint density at radius 1 is 1.40 bits per heavy atom. The van der Waals surface area contributed by atoms with Crippen LogP contribution in [0.2, 0.25) is 0 Å². The standard InChI is InChI=1S/C2H4O2.Hg.H2O4S/c1-2(3)4;;1-5(2,3)4/h1H3,(H,3,4);;(H2,1,2,3,4)/q;+1;/p-1. The Balaban J connectivity index is -0.0000000910. The molecule has 0 aromatic rings. The molecular weight excluding hydrogens is 353 g/mol. The summed E-state index contributed by atoms with van der Waals surface area (Å²) in [5.74, 6) is -1.08. The Labute approximate surface area is 78.3 Å². The predicted octanol–water partition coefficient (Wildman–Crippen LogP) is -1.90. The Morgan fingerprint density at radius 2 is 1.40 bits per heavy atom. The van der Waals surface area contributed by atoms with Gasteiger partial charge in [-0.2, -0.15) is 8.42 Å². The van der Waals surface area contributed by atoms with Crippen molar-refractivity contribution in [2.75, 3.05) is 0 Å². The maximum absolute atomic E-state index is 8.89. The minimum atomic E-state index is -4.67. The van der Waals surface area contributed by atoms with Crippen LogP contribution in [0.1, 0.15) is 6.92 Å². The molecule has 0 bridgehead atoms. The van der Waals surface area contributed by atoms with E-state index in [0.29, 0.717) is 0 Å². The van der Waals surface area contributed by atoms with Crippen LogP contribution in [-0.4, -0.2) is 23.5 Å². The Kier molecular flexibility index (Phi) is 12.3. The predicted molar refractivity (Wildman–Crippen MR) is 24.9 cm³/mol. The summed E-state index contributed by atoms with van der Waals surface area (Å²) in [4.78, 5) is 8.89. The molecule has 0 atom stereocenters. The van der Waals surface area contributed by atoms with Crippen molar-refractivity contribution < 1.29 is 55.1 Å². The topological polar surface area (TPSA) is 115 Å². The average molecular weight is 358 g/mol. The summed E-state index contributed by atoms with van der Waals surface area (Å²) in [6.45, 7) is 0.972. The third-order valence-corrected chi connectivity index (χ3v) is 0. The summed E-state index contributed by atoms with van der Waals surface area (Å²) < 4.78 is 31.6. The molecule has 0 amide bonds. The van der Waals surface area contributed by atoms with Gasteiger partial charge in [0.05, 0.1) is 0 Å². The molecule has 0 aliphatic rings. The van der Waals surface area contributed by atoms with Gasteiger partial charge in [0, 0.05) is 5.97 Å². The second kappa shape index (κ2) is 7.38. The summed E-state index contributed by atoms with van der Waals surface area (Å²) >= 11 is 0. The molecule has 0 spiro atoms. The van der Waals surface area contributed by atoms with E-state index in [4.69, 9.17) is 27.4 Å². The second-order valence-electron chi connectivity index (χ2n) is 0.939. The summed E-state index contributed by atoms with van der Waals surface area (Å²) in [5, 5.41) is 8.89. The van der Waals surface area contributed by atoms with E-state index in [1.807, 2.05) is 0 Å². The first-order chi connectivity index (χ1) is 3.73. The van der Waals surface area contributed by atoms with E-state index in [0.717, 1.165) is 6.92 Å². The minimum absolute atomic E-state index is 0. The summed E-state index contributed by atoms with van der Waals surface area (Å²) in [6.07, 6.45) is 0. The van der Waals surface area contributed by atoms with Crippen LogP contribution in [-0.2, 0) is 42.9 Å². The van der Waals surface area contributed by atoms with Gasteiger partial charge in [-0.25, -0.2) is 0 Å². The molecule has 6 nitrogen and oxygen atoms in total. The monoisotopic (exact) mass is 359 g/mol. The van der Waals surface area contributed by atoms with Gasteiger partial charge in [-0.05, 0) is 6.92 Å². The largest absolute Gasteiger partial charge is 1.00 e. The van der Waals surface area contributed by atoms with Crippen LogP contribution in [0.4, 0.5) is 0 Å². The number of carboxylic acid groups (broad SMARTS) is 1. The van der Waals surface area contributed by atoms with Crippen LogP contribution in [0, 0.1) is 0 Å². The van der Waals surface area contributed by atoms with E-state index in [-0.39, 0.29) is 27.7 Å². The van der Waals surface area contributed by atoms with E-state index < -0.39 is 16.4 Å². The van der Waals surface area contributed by atoms with Gasteiger partial charge in [0.2, 0.25) is 0 Å². The van der Waals surface area contributed by atoms with Crippen molar-refractivity contribution in [1.82, 2.24) is 0 Å². The number of rotatable bonds is 0. The van der Waals surface area contributed by atoms with Crippen molar-refractivity contribution in [3.63, 3.8) is 0 Å². The first-order valence-corrected chi connectivity index (χ1v) is 3.00. The van der Waals surface area contributed by atoms with Crippen molar-refractivity contribution in [3.8, 4) is 0 Å². The van der Waals surface area contributed by atoms with E-state index in [1.165, 1.54) is 0 Å². The number of carbonyl (C=O) groups is 1. The third-order valence-electron chi connectivity index (χ3n) is 0. The van der Waals surface area contributed by atoms with Gasteiger partial charge in [0.1, 0.15) is 0 Å². The van der Waals surface area contributed by atoms with Crippen molar-refractivity contribution >= 4 is 16.4 Å². The normalized spacial score (nSPS) is 8.30. The molecule has 0 aromatic carbocycles. The molecule has 0 saturated carbocycles. The zero-order valence-corrected chi connectivity index (χ0v) is 11.5. The molecule has 1 radical (unpaired) electrons. The molecule has 0 aliphatic carbocycles. The fraction of sp³-hybridized carbons (Fsp3) is 0.500. The van der Waals surface area contributed by atoms with Crippen LogP contribution in [0.5, 0.6) is 0 Å². The van der Waals surface area contributed by atoms with Crippen molar-refractivity contribution in [3.05, 3.63) is 0 Å². The fourth-order valence-electron chi connectivity index (χ4n) is 0. The third kappa shape index (κ3) is 5790. The van der Waals surface area contributed by atoms with Crippen LogP contribution in [0.15, 0.2) is 0 Å². The minimum Gasteiger partial charge on any atom is -0.550 e. The Morgan fingerprint density at radius 3 is 1.40 bits per heavy atom. The molecule has 8 heteroatoms. The molecule has 57 valence electrons. The van der Waals surface area contributed by atoms with Gasteiger partial charge < -0.3 is 9.90 Å². The molecule has 0 saturated heterocycles. The molecule has 0 rings (SSSR count). The van der Waals surface area contributed by atoms with Crippen molar-refractivity contribution in [1.29, 1.82) is 0 Å². The molecule has 0 fully saturated rings. The van der Waals surface area contributed by atoms with Crippen LogP contribution in [0.25, 0.3) is 0 Å². The molecule has 10 heavy (non-hydrogen) atoms. The van der Waals surface area contributed by atoms with Crippen molar-refractivity contribution in [2.24, 2.45) is 0 Å². The maximum Gasteiger partial charge on any atom is 1.00 e. The number of carboxylic acids is 1. The smallest absolute Gasteiger partial charge is 0.550 e. The molecule has 0 heterocycles. The molecule has 0 aromatic heterocycles. The number of carbonyl (C=O) groups excluding carboxylic acids is 1. The summed E-state index contributed by atoms with van der Waals surface area (Å²) in [6, 6.07) is 0. The van der Waals surface area contributed by atoms with Gasteiger partial charge in [-0.1, -0.05) is 0 Å². The quantitative estimate of drug-likeness (QED) is 0.386. The summed E-state index contributed by atoms with van der Waals surface area (Å²) in [5.41, 5.74) is 0. The molecule has 0 aliphatic heterocycles. The fourth-order valence-corrected chi connectivity index (χ4v) is 0. The number of hydrogen-bond acceptors (Lipinski definition) is 4. The zero-order chi connectivity index (χ0) is 8.08. The zero-order valence-electron chi connectivity index (χ0n) is 5.14. The van der Waals surface area contributed by atoms with Crippen LogP contribution in [0.3, 0.4) is 0 Å². The number of hydrogen-bond donors (Lipinski definition) is 2. The summed E-state index contributed by atoms with van der Waals surface area (Å²) in [7, 11) is -4.67. The number of aliphatic carboxylic acids is 1. The first kappa shape index (κ1) is 16.7. The van der Waals surface area contributed by atoms with Crippen LogP contribution < -0.4 is 5.11 Å². The van der Waals surface area contributed by atoms with Gasteiger partial charge in [0.15, 0.2) is 0 Å². The second-order valence-corrected chi connectivity index (χ2v) is 1.84. The average Bonchev–Trinajstić information content (AvgIpc) is 1.19. The van der Waals surface area contributed by atoms with Gasteiger partial charge in [0.25, 0.3) is 0 Å².